The van der Waals surface area contributed by atoms with Gasteiger partial charge < -0.3 is 4.90 Å². The summed E-state index contributed by atoms with van der Waals surface area (Å²) in [5.74, 6) is 1.35. The summed E-state index contributed by atoms with van der Waals surface area (Å²) >= 11 is 5.72. The summed E-state index contributed by atoms with van der Waals surface area (Å²) in [4.78, 5) is 16.3. The fourth-order valence-electron chi connectivity index (χ4n) is 2.01. The van der Waals surface area contributed by atoms with Gasteiger partial charge in [-0.1, -0.05) is 20.8 Å². The van der Waals surface area contributed by atoms with Crippen LogP contribution in [0.3, 0.4) is 0 Å². The molecule has 0 saturated carbocycles. The minimum atomic E-state index is -0.0427. The molecule has 1 saturated heterocycles. The highest BCUT2D eigenvalue weighted by Gasteiger charge is 2.24. The standard InChI is InChI=1S/C13H25ClN2O/c1-11(2)4-5-15-6-8-16(9-7-15)13(17)12(3)10-14/h11-12H,4-10H2,1-3H3. The van der Waals surface area contributed by atoms with E-state index in [2.05, 4.69) is 18.7 Å². The van der Waals surface area contributed by atoms with Crippen molar-refractivity contribution in [2.45, 2.75) is 27.2 Å². The Morgan fingerprint density at radius 3 is 2.24 bits per heavy atom. The predicted octanol–water partition coefficient (Wildman–Crippen LogP) is 2.05. The Hall–Kier alpha value is -0.280. The molecule has 4 heteroatoms. The van der Waals surface area contributed by atoms with Crippen LogP contribution in [0.5, 0.6) is 0 Å². The third kappa shape index (κ3) is 4.84. The molecule has 0 bridgehead atoms. The van der Waals surface area contributed by atoms with E-state index < -0.39 is 0 Å². The molecule has 0 aromatic carbocycles. The number of hydrogen-bond acceptors (Lipinski definition) is 2. The summed E-state index contributed by atoms with van der Waals surface area (Å²) in [5.41, 5.74) is 0. The number of halogens is 1. The van der Waals surface area contributed by atoms with Gasteiger partial charge in [0, 0.05) is 38.0 Å². The molecule has 3 nitrogen and oxygen atoms in total. The van der Waals surface area contributed by atoms with Crippen LogP contribution >= 0.6 is 11.6 Å². The quantitative estimate of drug-likeness (QED) is 0.707. The van der Waals surface area contributed by atoms with Crippen LogP contribution in [-0.2, 0) is 4.79 Å². The van der Waals surface area contributed by atoms with Gasteiger partial charge in [0.25, 0.3) is 0 Å². The number of rotatable bonds is 5. The molecule has 0 aliphatic carbocycles. The lowest BCUT2D eigenvalue weighted by Crippen LogP contribution is -2.50. The average Bonchev–Trinajstić information content (AvgIpc) is 2.35. The SMILES string of the molecule is CC(C)CCN1CCN(C(=O)C(C)CCl)CC1. The van der Waals surface area contributed by atoms with Crippen molar-refractivity contribution in [3.05, 3.63) is 0 Å². The zero-order valence-electron chi connectivity index (χ0n) is 11.3. The normalized spacial score (nSPS) is 19.7. The molecule has 1 fully saturated rings. The molecule has 1 unspecified atom stereocenters. The maximum absolute atomic E-state index is 11.9. The van der Waals surface area contributed by atoms with Gasteiger partial charge in [0.2, 0.25) is 5.91 Å². The van der Waals surface area contributed by atoms with Crippen molar-refractivity contribution in [1.82, 2.24) is 9.80 Å². The minimum absolute atomic E-state index is 0.0427. The maximum Gasteiger partial charge on any atom is 0.226 e. The predicted molar refractivity (Wildman–Crippen MR) is 72.4 cm³/mol. The summed E-state index contributed by atoms with van der Waals surface area (Å²) < 4.78 is 0. The summed E-state index contributed by atoms with van der Waals surface area (Å²) in [6.07, 6.45) is 1.24. The molecule has 17 heavy (non-hydrogen) atoms. The largest absolute Gasteiger partial charge is 0.340 e. The molecule has 0 radical (unpaired) electrons. The van der Waals surface area contributed by atoms with Gasteiger partial charge in [0.05, 0.1) is 0 Å². The third-order valence-corrected chi connectivity index (χ3v) is 3.82. The first-order valence-electron chi connectivity index (χ1n) is 6.61. The molecule has 0 spiro atoms. The summed E-state index contributed by atoms with van der Waals surface area (Å²) in [5, 5.41) is 0. The molecule has 1 heterocycles. The molecule has 1 aliphatic rings. The van der Waals surface area contributed by atoms with Gasteiger partial charge in [0.1, 0.15) is 0 Å². The van der Waals surface area contributed by atoms with Crippen molar-refractivity contribution in [3.63, 3.8) is 0 Å². The lowest BCUT2D eigenvalue weighted by atomic mass is 10.1. The molecule has 1 amide bonds. The molecule has 100 valence electrons. The molecule has 0 aromatic heterocycles. The van der Waals surface area contributed by atoms with Crippen molar-refractivity contribution < 1.29 is 4.79 Å². The molecular weight excluding hydrogens is 236 g/mol. The fraction of sp³-hybridized carbons (Fsp3) is 0.923. The fourth-order valence-corrected chi connectivity index (χ4v) is 2.14. The van der Waals surface area contributed by atoms with Gasteiger partial charge >= 0.3 is 0 Å². The van der Waals surface area contributed by atoms with Gasteiger partial charge in [-0.3, -0.25) is 9.69 Å². The molecule has 1 rings (SSSR count). The van der Waals surface area contributed by atoms with Crippen LogP contribution in [0.4, 0.5) is 0 Å². The van der Waals surface area contributed by atoms with Crippen molar-refractivity contribution in [3.8, 4) is 0 Å². The van der Waals surface area contributed by atoms with Crippen LogP contribution < -0.4 is 0 Å². The van der Waals surface area contributed by atoms with E-state index in [0.29, 0.717) is 5.88 Å². The van der Waals surface area contributed by atoms with Crippen molar-refractivity contribution in [1.29, 1.82) is 0 Å². The molecule has 0 aromatic rings. The van der Waals surface area contributed by atoms with Crippen molar-refractivity contribution in [2.75, 3.05) is 38.6 Å². The third-order valence-electron chi connectivity index (χ3n) is 3.36. The van der Waals surface area contributed by atoms with E-state index in [0.717, 1.165) is 38.6 Å². The second-order valence-corrected chi connectivity index (χ2v) is 5.71. The van der Waals surface area contributed by atoms with Crippen molar-refractivity contribution >= 4 is 17.5 Å². The lowest BCUT2D eigenvalue weighted by Gasteiger charge is -2.36. The van der Waals surface area contributed by atoms with Crippen LogP contribution in [-0.4, -0.2) is 54.3 Å². The Kier molecular flexibility index (Phi) is 6.28. The van der Waals surface area contributed by atoms with E-state index >= 15 is 0 Å². The van der Waals surface area contributed by atoms with E-state index in [4.69, 9.17) is 11.6 Å². The molecule has 1 atom stereocenters. The topological polar surface area (TPSA) is 23.6 Å². The highest BCUT2D eigenvalue weighted by atomic mass is 35.5. The smallest absolute Gasteiger partial charge is 0.226 e. The van der Waals surface area contributed by atoms with Crippen LogP contribution in [0, 0.1) is 11.8 Å². The summed E-state index contributed by atoms with van der Waals surface area (Å²) in [7, 11) is 0. The van der Waals surface area contributed by atoms with Gasteiger partial charge in [-0.15, -0.1) is 11.6 Å². The number of carbonyl (C=O) groups is 1. The monoisotopic (exact) mass is 260 g/mol. The minimum Gasteiger partial charge on any atom is -0.340 e. The Balaban J connectivity index is 2.28. The first-order valence-corrected chi connectivity index (χ1v) is 7.15. The second-order valence-electron chi connectivity index (χ2n) is 5.40. The van der Waals surface area contributed by atoms with Gasteiger partial charge in [-0.05, 0) is 18.9 Å². The van der Waals surface area contributed by atoms with Crippen LogP contribution in [0.1, 0.15) is 27.2 Å². The number of nitrogens with zero attached hydrogens (tertiary/aromatic N) is 2. The zero-order chi connectivity index (χ0) is 12.8. The molecular formula is C13H25ClN2O. The Bertz CT molecular complexity index is 238. The number of amides is 1. The average molecular weight is 261 g/mol. The molecule has 1 aliphatic heterocycles. The van der Waals surface area contributed by atoms with Gasteiger partial charge in [-0.25, -0.2) is 0 Å². The van der Waals surface area contributed by atoms with E-state index in [-0.39, 0.29) is 11.8 Å². The Morgan fingerprint density at radius 2 is 1.76 bits per heavy atom. The number of carbonyl (C=O) groups excluding carboxylic acids is 1. The van der Waals surface area contributed by atoms with Gasteiger partial charge in [0.15, 0.2) is 0 Å². The second kappa shape index (κ2) is 7.22. The van der Waals surface area contributed by atoms with E-state index in [1.54, 1.807) is 0 Å². The number of alkyl halides is 1. The first-order chi connectivity index (χ1) is 8.04. The molecule has 0 N–H and O–H groups in total. The van der Waals surface area contributed by atoms with Crippen LogP contribution in [0.2, 0.25) is 0 Å². The highest BCUT2D eigenvalue weighted by Crippen LogP contribution is 2.10. The maximum atomic E-state index is 11.9. The van der Waals surface area contributed by atoms with E-state index in [9.17, 15) is 4.79 Å². The van der Waals surface area contributed by atoms with Crippen LogP contribution in [0.15, 0.2) is 0 Å². The number of hydrogen-bond donors (Lipinski definition) is 0. The summed E-state index contributed by atoms with van der Waals surface area (Å²) in [6, 6.07) is 0. The van der Waals surface area contributed by atoms with Crippen LogP contribution in [0.25, 0.3) is 0 Å². The number of piperazine rings is 1. The van der Waals surface area contributed by atoms with Gasteiger partial charge in [-0.2, -0.15) is 0 Å². The Labute approximate surface area is 110 Å². The van der Waals surface area contributed by atoms with E-state index in [1.807, 2.05) is 11.8 Å². The zero-order valence-corrected chi connectivity index (χ0v) is 12.0. The highest BCUT2D eigenvalue weighted by molar-refractivity contribution is 6.19. The lowest BCUT2D eigenvalue weighted by molar-refractivity contribution is -0.136. The van der Waals surface area contributed by atoms with Crippen molar-refractivity contribution in [2.24, 2.45) is 11.8 Å². The first kappa shape index (κ1) is 14.8. The van der Waals surface area contributed by atoms with E-state index in [1.165, 1.54) is 6.42 Å². The Morgan fingerprint density at radius 1 is 1.18 bits per heavy atom. The summed E-state index contributed by atoms with van der Waals surface area (Å²) in [6.45, 7) is 11.3.